The Morgan fingerprint density at radius 1 is 1.10 bits per heavy atom. The standard InChI is InChI=1S/C22H22O7/c1-5-27-22(24)13(2)28-16-6-8-17-19(12-16)29-20(21(17)23)11-14-10-15(25-3)7-9-18(14)26-4/h6-13H,5H2,1-4H3/b20-11-/t13-/m1/s1. The largest absolute Gasteiger partial charge is 0.497 e. The van der Waals surface area contributed by atoms with Gasteiger partial charge >= 0.3 is 5.97 Å². The van der Waals surface area contributed by atoms with Crippen molar-refractivity contribution in [2.45, 2.75) is 20.0 Å². The Kier molecular flexibility index (Phi) is 6.07. The topological polar surface area (TPSA) is 80.3 Å². The van der Waals surface area contributed by atoms with Crippen LogP contribution in [0.2, 0.25) is 0 Å². The van der Waals surface area contributed by atoms with Crippen molar-refractivity contribution < 1.29 is 33.3 Å². The number of fused-ring (bicyclic) bond motifs is 1. The highest BCUT2D eigenvalue weighted by Gasteiger charge is 2.28. The molecular weight excluding hydrogens is 376 g/mol. The summed E-state index contributed by atoms with van der Waals surface area (Å²) in [4.78, 5) is 24.4. The highest BCUT2D eigenvalue weighted by atomic mass is 16.6. The maximum absolute atomic E-state index is 12.7. The third kappa shape index (κ3) is 4.34. The minimum Gasteiger partial charge on any atom is -0.497 e. The quantitative estimate of drug-likeness (QED) is 0.520. The third-order valence-corrected chi connectivity index (χ3v) is 4.30. The van der Waals surface area contributed by atoms with Crippen molar-refractivity contribution in [1.29, 1.82) is 0 Å². The van der Waals surface area contributed by atoms with Gasteiger partial charge in [0.15, 0.2) is 11.9 Å². The van der Waals surface area contributed by atoms with Crippen LogP contribution in [0.5, 0.6) is 23.0 Å². The van der Waals surface area contributed by atoms with Crippen LogP contribution in [-0.2, 0) is 9.53 Å². The molecule has 152 valence electrons. The Balaban J connectivity index is 1.84. The Bertz CT molecular complexity index is 962. The van der Waals surface area contributed by atoms with Crippen molar-refractivity contribution in [2.24, 2.45) is 0 Å². The zero-order chi connectivity index (χ0) is 21.0. The SMILES string of the molecule is CCOC(=O)[C@@H](C)Oc1ccc2c(c1)O/C(=C\c1cc(OC)ccc1OC)C2=O. The molecule has 2 aromatic rings. The average molecular weight is 398 g/mol. The Morgan fingerprint density at radius 3 is 2.55 bits per heavy atom. The van der Waals surface area contributed by atoms with E-state index in [0.717, 1.165) is 0 Å². The van der Waals surface area contributed by atoms with Crippen LogP contribution < -0.4 is 18.9 Å². The number of ether oxygens (including phenoxy) is 5. The second-order valence-electron chi connectivity index (χ2n) is 6.22. The summed E-state index contributed by atoms with van der Waals surface area (Å²) in [7, 11) is 3.11. The fourth-order valence-electron chi connectivity index (χ4n) is 2.85. The molecule has 1 aliphatic heterocycles. The Hall–Kier alpha value is -3.48. The summed E-state index contributed by atoms with van der Waals surface area (Å²) < 4.78 is 26.8. The Morgan fingerprint density at radius 2 is 1.86 bits per heavy atom. The molecule has 0 saturated heterocycles. The number of rotatable bonds is 7. The maximum atomic E-state index is 12.7. The van der Waals surface area contributed by atoms with Gasteiger partial charge in [-0.1, -0.05) is 0 Å². The normalized spacial score (nSPS) is 14.8. The molecule has 7 heteroatoms. The molecule has 0 saturated carbocycles. The van der Waals surface area contributed by atoms with Crippen molar-refractivity contribution in [1.82, 2.24) is 0 Å². The highest BCUT2D eigenvalue weighted by Crippen LogP contribution is 2.36. The van der Waals surface area contributed by atoms with Crippen LogP contribution in [0.3, 0.4) is 0 Å². The highest BCUT2D eigenvalue weighted by molar-refractivity contribution is 6.14. The fourth-order valence-corrected chi connectivity index (χ4v) is 2.85. The summed E-state index contributed by atoms with van der Waals surface area (Å²) in [5, 5.41) is 0. The van der Waals surface area contributed by atoms with Crippen LogP contribution in [0.25, 0.3) is 6.08 Å². The molecule has 1 atom stereocenters. The first-order valence-electron chi connectivity index (χ1n) is 9.10. The van der Waals surface area contributed by atoms with Crippen LogP contribution in [0.1, 0.15) is 29.8 Å². The number of methoxy groups -OCH3 is 2. The lowest BCUT2D eigenvalue weighted by Gasteiger charge is -2.13. The molecule has 2 aromatic carbocycles. The first-order valence-corrected chi connectivity index (χ1v) is 9.10. The van der Waals surface area contributed by atoms with Crippen LogP contribution in [0.4, 0.5) is 0 Å². The van der Waals surface area contributed by atoms with E-state index in [1.54, 1.807) is 70.5 Å². The predicted molar refractivity (Wildman–Crippen MR) is 106 cm³/mol. The van der Waals surface area contributed by atoms with Crippen LogP contribution >= 0.6 is 0 Å². The summed E-state index contributed by atoms with van der Waals surface area (Å²) in [6.45, 7) is 3.60. The third-order valence-electron chi connectivity index (χ3n) is 4.30. The molecular formula is C22H22O7. The molecule has 0 unspecified atom stereocenters. The molecule has 0 radical (unpaired) electrons. The molecule has 0 aliphatic carbocycles. The first kappa shape index (κ1) is 20.3. The summed E-state index contributed by atoms with van der Waals surface area (Å²) in [6.07, 6.45) is 0.826. The average Bonchev–Trinajstić information content (AvgIpc) is 3.02. The van der Waals surface area contributed by atoms with Gasteiger partial charge < -0.3 is 23.7 Å². The van der Waals surface area contributed by atoms with E-state index in [1.807, 2.05) is 0 Å². The molecule has 29 heavy (non-hydrogen) atoms. The number of Topliss-reactive ketones (excluding diaryl/α,β-unsaturated/α-hetero) is 1. The fraction of sp³-hybridized carbons (Fsp3) is 0.273. The van der Waals surface area contributed by atoms with Crippen LogP contribution in [0.15, 0.2) is 42.2 Å². The van der Waals surface area contributed by atoms with Crippen molar-refractivity contribution in [3.05, 3.63) is 53.3 Å². The number of carbonyl (C=O) groups is 2. The Labute approximate surface area is 168 Å². The predicted octanol–water partition coefficient (Wildman–Crippen LogP) is 3.65. The number of carbonyl (C=O) groups excluding carboxylic acids is 2. The number of hydrogen-bond donors (Lipinski definition) is 0. The van der Waals surface area contributed by atoms with Crippen molar-refractivity contribution in [2.75, 3.05) is 20.8 Å². The van der Waals surface area contributed by atoms with Gasteiger partial charge in [0.05, 0.1) is 26.4 Å². The molecule has 3 rings (SSSR count). The molecule has 7 nitrogen and oxygen atoms in total. The van der Waals surface area contributed by atoms with E-state index in [4.69, 9.17) is 23.7 Å². The first-order chi connectivity index (χ1) is 14.0. The van der Waals surface area contributed by atoms with Crippen molar-refractivity contribution in [3.63, 3.8) is 0 Å². The number of benzene rings is 2. The molecule has 0 amide bonds. The lowest BCUT2D eigenvalue weighted by Crippen LogP contribution is -2.26. The smallest absolute Gasteiger partial charge is 0.347 e. The number of ketones is 1. The number of allylic oxidation sites excluding steroid dienone is 1. The van der Waals surface area contributed by atoms with Gasteiger partial charge in [0.25, 0.3) is 0 Å². The summed E-state index contributed by atoms with van der Waals surface area (Å²) >= 11 is 0. The van der Waals surface area contributed by atoms with Crippen LogP contribution in [-0.4, -0.2) is 38.7 Å². The molecule has 0 spiro atoms. The number of esters is 1. The summed E-state index contributed by atoms with van der Waals surface area (Å²) in [5.41, 5.74) is 1.06. The van der Waals surface area contributed by atoms with E-state index in [9.17, 15) is 9.59 Å². The zero-order valence-electron chi connectivity index (χ0n) is 16.7. The van der Waals surface area contributed by atoms with Gasteiger partial charge in [-0.25, -0.2) is 4.79 Å². The van der Waals surface area contributed by atoms with Gasteiger partial charge in [-0.3, -0.25) is 4.79 Å². The lowest BCUT2D eigenvalue weighted by molar-refractivity contribution is -0.150. The molecule has 1 heterocycles. The van der Waals surface area contributed by atoms with E-state index in [1.165, 1.54) is 0 Å². The van der Waals surface area contributed by atoms with Gasteiger partial charge in [0, 0.05) is 11.6 Å². The van der Waals surface area contributed by atoms with Gasteiger partial charge in [-0.05, 0) is 50.3 Å². The molecule has 1 aliphatic rings. The van der Waals surface area contributed by atoms with Gasteiger partial charge in [0.1, 0.15) is 23.0 Å². The minimum atomic E-state index is -0.777. The van der Waals surface area contributed by atoms with Crippen molar-refractivity contribution >= 4 is 17.8 Å². The van der Waals surface area contributed by atoms with E-state index >= 15 is 0 Å². The van der Waals surface area contributed by atoms with Crippen LogP contribution in [0, 0.1) is 0 Å². The van der Waals surface area contributed by atoms with Crippen molar-refractivity contribution in [3.8, 4) is 23.0 Å². The monoisotopic (exact) mass is 398 g/mol. The lowest BCUT2D eigenvalue weighted by atomic mass is 10.1. The number of hydrogen-bond acceptors (Lipinski definition) is 7. The second-order valence-corrected chi connectivity index (χ2v) is 6.22. The van der Waals surface area contributed by atoms with E-state index < -0.39 is 12.1 Å². The molecule has 0 aromatic heterocycles. The minimum absolute atomic E-state index is 0.155. The molecule has 0 N–H and O–H groups in total. The van der Waals surface area contributed by atoms with Gasteiger partial charge in [0.2, 0.25) is 5.78 Å². The molecule has 0 bridgehead atoms. The van der Waals surface area contributed by atoms with E-state index in [0.29, 0.717) is 34.1 Å². The molecule has 0 fully saturated rings. The van der Waals surface area contributed by atoms with E-state index in [2.05, 4.69) is 0 Å². The second kappa shape index (κ2) is 8.68. The van der Waals surface area contributed by atoms with Gasteiger partial charge in [-0.15, -0.1) is 0 Å². The summed E-state index contributed by atoms with van der Waals surface area (Å²) in [6, 6.07) is 10.1. The maximum Gasteiger partial charge on any atom is 0.347 e. The zero-order valence-corrected chi connectivity index (χ0v) is 16.7. The van der Waals surface area contributed by atoms with Gasteiger partial charge in [-0.2, -0.15) is 0 Å². The summed E-state index contributed by atoms with van der Waals surface area (Å²) in [5.74, 6) is 1.41. The van der Waals surface area contributed by atoms with E-state index in [-0.39, 0.29) is 18.1 Å².